The number of nitrogens with zero attached hydrogens (tertiary/aromatic N) is 4. The molecule has 4 heterocycles. The second-order valence-electron chi connectivity index (χ2n) is 7.98. The van der Waals surface area contributed by atoms with Crippen LogP contribution in [-0.4, -0.2) is 44.7 Å². The lowest BCUT2D eigenvalue weighted by Crippen LogP contribution is -2.27. The largest absolute Gasteiger partial charge is 0.471 e. The van der Waals surface area contributed by atoms with Gasteiger partial charge < -0.3 is 15.0 Å². The molecular weight excluding hydrogens is 444 g/mol. The quantitative estimate of drug-likeness (QED) is 0.562. The zero-order valence-corrected chi connectivity index (χ0v) is 18.9. The summed E-state index contributed by atoms with van der Waals surface area (Å²) in [5, 5.41) is 2.80. The molecule has 4 rings (SSSR count). The van der Waals surface area contributed by atoms with E-state index in [0.29, 0.717) is 33.8 Å². The van der Waals surface area contributed by atoms with E-state index in [1.54, 1.807) is 49.2 Å². The Morgan fingerprint density at radius 3 is 2.71 bits per heavy atom. The van der Waals surface area contributed by atoms with Gasteiger partial charge in [0.1, 0.15) is 5.82 Å². The molecule has 1 atom stereocenters. The molecule has 8 nitrogen and oxygen atoms in total. The van der Waals surface area contributed by atoms with Crippen LogP contribution >= 0.6 is 0 Å². The van der Waals surface area contributed by atoms with Gasteiger partial charge in [-0.2, -0.15) is 0 Å². The monoisotopic (exact) mass is 467 g/mol. The number of ether oxygens (including phenoxy) is 1. The van der Waals surface area contributed by atoms with E-state index in [1.807, 2.05) is 6.92 Å². The zero-order chi connectivity index (χ0) is 24.4. The first kappa shape index (κ1) is 23.2. The van der Waals surface area contributed by atoms with Crippen molar-refractivity contribution in [1.82, 2.24) is 19.9 Å². The topological polar surface area (TPSA) is 97.3 Å². The van der Waals surface area contributed by atoms with Gasteiger partial charge in [0, 0.05) is 41.0 Å². The Labute approximate surface area is 195 Å². The minimum Gasteiger partial charge on any atom is -0.471 e. The standard InChI is InChI=1S/C24H23F2N5O3/c1-13-9-16(10-29-23(13)34-12-20(25)26)15(3)31-11-19-18(24(31)33)6-8-28-21(19)30-22(32)17-5-4-7-27-14(17)2/h4-10,15,20H,11-12H2,1-3H3,(H,28,30,32). The van der Waals surface area contributed by atoms with E-state index in [1.165, 1.54) is 12.4 Å². The summed E-state index contributed by atoms with van der Waals surface area (Å²) < 4.78 is 29.9. The Balaban J connectivity index is 1.54. The van der Waals surface area contributed by atoms with E-state index in [0.717, 1.165) is 5.56 Å². The highest BCUT2D eigenvalue weighted by Crippen LogP contribution is 2.34. The van der Waals surface area contributed by atoms with Crippen molar-refractivity contribution in [3.8, 4) is 5.88 Å². The van der Waals surface area contributed by atoms with E-state index >= 15 is 0 Å². The molecule has 0 spiro atoms. The number of fused-ring (bicyclic) bond motifs is 1. The normalized spacial score (nSPS) is 13.7. The molecular formula is C24H23F2N5O3. The molecule has 176 valence electrons. The summed E-state index contributed by atoms with van der Waals surface area (Å²) in [6.45, 7) is 4.81. The number of aryl methyl sites for hydroxylation is 2. The summed E-state index contributed by atoms with van der Waals surface area (Å²) in [7, 11) is 0. The predicted molar refractivity (Wildman–Crippen MR) is 120 cm³/mol. The number of anilines is 1. The number of carbonyl (C=O) groups excluding carboxylic acids is 2. The summed E-state index contributed by atoms with van der Waals surface area (Å²) in [6, 6.07) is 6.38. The molecule has 0 saturated carbocycles. The second-order valence-corrected chi connectivity index (χ2v) is 7.98. The summed E-state index contributed by atoms with van der Waals surface area (Å²) in [5.74, 6) is -0.107. The van der Waals surface area contributed by atoms with Crippen LogP contribution in [0.5, 0.6) is 5.88 Å². The zero-order valence-electron chi connectivity index (χ0n) is 18.9. The van der Waals surface area contributed by atoms with E-state index < -0.39 is 13.0 Å². The molecule has 0 aromatic carbocycles. The van der Waals surface area contributed by atoms with Crippen molar-refractivity contribution >= 4 is 17.6 Å². The molecule has 34 heavy (non-hydrogen) atoms. The SMILES string of the molecule is Cc1cc(C(C)N2Cc3c(ccnc3NC(=O)c3cccnc3C)C2=O)cnc1OCC(F)F. The Morgan fingerprint density at radius 1 is 1.21 bits per heavy atom. The number of aromatic nitrogens is 3. The number of amides is 2. The number of nitrogens with one attached hydrogen (secondary N) is 1. The number of carbonyl (C=O) groups is 2. The average Bonchev–Trinajstić information content (AvgIpc) is 3.15. The van der Waals surface area contributed by atoms with Crippen molar-refractivity contribution in [2.24, 2.45) is 0 Å². The van der Waals surface area contributed by atoms with Gasteiger partial charge in [0.2, 0.25) is 5.88 Å². The third kappa shape index (κ3) is 4.57. The number of pyridine rings is 3. The fourth-order valence-corrected chi connectivity index (χ4v) is 3.85. The molecule has 1 N–H and O–H groups in total. The highest BCUT2D eigenvalue weighted by Gasteiger charge is 2.34. The van der Waals surface area contributed by atoms with Crippen LogP contribution in [-0.2, 0) is 6.54 Å². The fraction of sp³-hybridized carbons (Fsp3) is 0.292. The van der Waals surface area contributed by atoms with Crippen LogP contribution in [0.2, 0.25) is 0 Å². The number of hydrogen-bond donors (Lipinski definition) is 1. The summed E-state index contributed by atoms with van der Waals surface area (Å²) in [6.07, 6.45) is 2.01. The molecule has 0 saturated heterocycles. The van der Waals surface area contributed by atoms with Crippen LogP contribution in [0.4, 0.5) is 14.6 Å². The number of rotatable bonds is 7. The minimum absolute atomic E-state index is 0.132. The van der Waals surface area contributed by atoms with Gasteiger partial charge in [-0.15, -0.1) is 0 Å². The Hall–Kier alpha value is -3.95. The summed E-state index contributed by atoms with van der Waals surface area (Å²) >= 11 is 0. The van der Waals surface area contributed by atoms with E-state index in [-0.39, 0.29) is 30.3 Å². The first-order valence-electron chi connectivity index (χ1n) is 10.7. The smallest absolute Gasteiger partial charge is 0.272 e. The van der Waals surface area contributed by atoms with Gasteiger partial charge in [0.25, 0.3) is 18.2 Å². The summed E-state index contributed by atoms with van der Waals surface area (Å²) in [4.78, 5) is 40.1. The predicted octanol–water partition coefficient (Wildman–Crippen LogP) is 4.10. The highest BCUT2D eigenvalue weighted by atomic mass is 19.3. The van der Waals surface area contributed by atoms with Crippen molar-refractivity contribution in [1.29, 1.82) is 0 Å². The van der Waals surface area contributed by atoms with E-state index in [4.69, 9.17) is 4.74 Å². The molecule has 0 bridgehead atoms. The Kier molecular flexibility index (Phi) is 6.49. The third-order valence-electron chi connectivity index (χ3n) is 5.71. The van der Waals surface area contributed by atoms with Gasteiger partial charge in [0.05, 0.1) is 18.2 Å². The van der Waals surface area contributed by atoms with E-state index in [9.17, 15) is 18.4 Å². The van der Waals surface area contributed by atoms with Gasteiger partial charge in [-0.3, -0.25) is 14.6 Å². The Bertz CT molecular complexity index is 1250. The van der Waals surface area contributed by atoms with Crippen LogP contribution < -0.4 is 10.1 Å². The average molecular weight is 467 g/mol. The van der Waals surface area contributed by atoms with Gasteiger partial charge in [-0.1, -0.05) is 0 Å². The maximum absolute atomic E-state index is 13.1. The van der Waals surface area contributed by atoms with Gasteiger partial charge in [0.15, 0.2) is 6.61 Å². The van der Waals surface area contributed by atoms with Gasteiger partial charge in [-0.05, 0) is 50.6 Å². The number of hydrogen-bond acceptors (Lipinski definition) is 6. The molecule has 3 aromatic rings. The third-order valence-corrected chi connectivity index (χ3v) is 5.71. The molecule has 1 aliphatic heterocycles. The molecule has 2 amide bonds. The molecule has 1 aliphatic rings. The first-order chi connectivity index (χ1) is 16.3. The van der Waals surface area contributed by atoms with Crippen LogP contribution in [0, 0.1) is 13.8 Å². The van der Waals surface area contributed by atoms with Crippen LogP contribution in [0.25, 0.3) is 0 Å². The van der Waals surface area contributed by atoms with Crippen LogP contribution in [0.1, 0.15) is 56.1 Å². The number of alkyl halides is 2. The molecule has 3 aromatic heterocycles. The molecule has 0 aliphatic carbocycles. The lowest BCUT2D eigenvalue weighted by atomic mass is 10.1. The minimum atomic E-state index is -2.59. The molecule has 10 heteroatoms. The van der Waals surface area contributed by atoms with Crippen molar-refractivity contribution in [2.75, 3.05) is 11.9 Å². The maximum Gasteiger partial charge on any atom is 0.272 e. The van der Waals surface area contributed by atoms with Crippen LogP contribution in [0.3, 0.4) is 0 Å². The summed E-state index contributed by atoms with van der Waals surface area (Å²) in [5.41, 5.74) is 3.41. The molecule has 0 radical (unpaired) electrons. The lowest BCUT2D eigenvalue weighted by molar-refractivity contribution is 0.0713. The van der Waals surface area contributed by atoms with E-state index in [2.05, 4.69) is 20.3 Å². The molecule has 1 unspecified atom stereocenters. The Morgan fingerprint density at radius 2 is 2.00 bits per heavy atom. The number of halogens is 2. The fourth-order valence-electron chi connectivity index (χ4n) is 3.85. The van der Waals surface area contributed by atoms with Gasteiger partial charge >= 0.3 is 0 Å². The van der Waals surface area contributed by atoms with Crippen LogP contribution in [0.15, 0.2) is 42.9 Å². The van der Waals surface area contributed by atoms with Crippen molar-refractivity contribution in [3.63, 3.8) is 0 Å². The van der Waals surface area contributed by atoms with Crippen molar-refractivity contribution in [2.45, 2.75) is 39.8 Å². The molecule has 0 fully saturated rings. The maximum atomic E-state index is 13.1. The second kappa shape index (κ2) is 9.50. The van der Waals surface area contributed by atoms with Crippen molar-refractivity contribution < 1.29 is 23.1 Å². The highest BCUT2D eigenvalue weighted by molar-refractivity contribution is 6.06. The first-order valence-corrected chi connectivity index (χ1v) is 10.7. The van der Waals surface area contributed by atoms with Gasteiger partial charge in [-0.25, -0.2) is 18.7 Å². The van der Waals surface area contributed by atoms with Crippen molar-refractivity contribution in [3.05, 3.63) is 76.4 Å². The lowest BCUT2D eigenvalue weighted by Gasteiger charge is -2.25.